The number of fused-ring (bicyclic) bond motifs is 1. The van der Waals surface area contributed by atoms with Gasteiger partial charge in [-0.25, -0.2) is 0 Å². The summed E-state index contributed by atoms with van der Waals surface area (Å²) in [5.41, 5.74) is 0.302. The van der Waals surface area contributed by atoms with E-state index in [0.717, 1.165) is 0 Å². The van der Waals surface area contributed by atoms with Gasteiger partial charge in [-0.15, -0.1) is 0 Å². The van der Waals surface area contributed by atoms with Crippen molar-refractivity contribution in [3.63, 3.8) is 0 Å². The van der Waals surface area contributed by atoms with Crippen molar-refractivity contribution in [1.82, 2.24) is 21.3 Å². The molecule has 53 heavy (non-hydrogen) atoms. The van der Waals surface area contributed by atoms with Crippen molar-refractivity contribution in [2.75, 3.05) is 26.2 Å². The molecule has 2 aliphatic heterocycles. The number of hydrogen-bond donors (Lipinski definition) is 7. The first-order valence-electron chi connectivity index (χ1n) is 16.7. The summed E-state index contributed by atoms with van der Waals surface area (Å²) in [5.74, 6) is -4.34. The highest BCUT2D eigenvalue weighted by Gasteiger charge is 2.64. The van der Waals surface area contributed by atoms with Crippen molar-refractivity contribution in [3.05, 3.63) is 67.6 Å². The summed E-state index contributed by atoms with van der Waals surface area (Å²) < 4.78 is 10.9. The van der Waals surface area contributed by atoms with E-state index >= 15 is 0 Å². The molecule has 2 aromatic rings. The van der Waals surface area contributed by atoms with Gasteiger partial charge in [0.2, 0.25) is 11.8 Å². The van der Waals surface area contributed by atoms with Gasteiger partial charge in [0, 0.05) is 10.0 Å². The van der Waals surface area contributed by atoms with Crippen LogP contribution in [0.15, 0.2) is 36.4 Å². The fourth-order valence-corrected chi connectivity index (χ4v) is 6.57. The van der Waals surface area contributed by atoms with Gasteiger partial charge in [0.25, 0.3) is 11.8 Å². The lowest BCUT2D eigenvalue weighted by Gasteiger charge is -2.37. The minimum Gasteiger partial charge on any atom is -0.599 e. The molecule has 2 atom stereocenters. The SMILES string of the molecule is CC(C)C[C@H](NC(=O)CNC(=O)c1cc(Cl)ccc1Cl)B(O)O.CC(C)C[C@H](NC(=O)CNC(=O)c1cc(Cl)ccc1Cl)[B-]12OC(=O)C[NH+]1CC(=O)O2. The summed E-state index contributed by atoms with van der Waals surface area (Å²) in [6.07, 6.45) is 0.821. The zero-order valence-corrected chi connectivity index (χ0v) is 32.4. The monoisotopic (exact) mass is 817 g/mol. The van der Waals surface area contributed by atoms with Crippen LogP contribution in [0.5, 0.6) is 0 Å². The fourth-order valence-electron chi connectivity index (χ4n) is 5.82. The lowest BCUT2D eigenvalue weighted by molar-refractivity contribution is -0.777. The van der Waals surface area contributed by atoms with E-state index in [1.807, 2.05) is 27.7 Å². The molecule has 0 radical (unpaired) electrons. The number of carbonyl (C=O) groups excluding carboxylic acids is 6. The van der Waals surface area contributed by atoms with Gasteiger partial charge in [-0.05, 0) is 61.1 Å². The third-order valence-electron chi connectivity index (χ3n) is 8.12. The molecule has 2 aromatic carbocycles. The molecule has 21 heteroatoms. The standard InChI is InChI=1S/C18H22BCl2N3O6.C14H19BCl2N2O4/c1-10(2)5-14(19-24(8-16(26)29-19)9-17(27)30-19)23-15(25)7-22-18(28)12-6-11(20)3-4-13(12)21;1-8(2)5-12(15(22)23)19-13(20)7-18-14(21)10-6-9(16)3-4-11(10)17/h3-4,6,10,14,24H,5,7-9H2,1-2H3,(H,22,28)(H,23,25);3-4,6,8,12,22-23H,5,7H2,1-2H3,(H,18,21)(H,19,20)/t14-;12-/m00/s1. The Kier molecular flexibility index (Phi) is 16.3. The quantitative estimate of drug-likeness (QED) is 0.134. The third kappa shape index (κ3) is 12.8. The zero-order valence-electron chi connectivity index (χ0n) is 29.3. The van der Waals surface area contributed by atoms with E-state index in [4.69, 9.17) is 55.7 Å². The molecule has 0 spiro atoms. The van der Waals surface area contributed by atoms with Crippen LogP contribution in [0.4, 0.5) is 0 Å². The van der Waals surface area contributed by atoms with Crippen LogP contribution in [-0.4, -0.2) is 97.5 Å². The van der Waals surface area contributed by atoms with Gasteiger partial charge in [0.05, 0.1) is 46.1 Å². The minimum atomic E-state index is -2.40. The van der Waals surface area contributed by atoms with Crippen LogP contribution < -0.4 is 26.1 Å². The number of amides is 4. The summed E-state index contributed by atoms with van der Waals surface area (Å²) in [6, 6.07) is 8.87. The first-order chi connectivity index (χ1) is 24.8. The van der Waals surface area contributed by atoms with Crippen molar-refractivity contribution in [2.45, 2.75) is 52.4 Å². The van der Waals surface area contributed by atoms with Gasteiger partial charge in [-0.2, -0.15) is 0 Å². The molecule has 4 rings (SSSR count). The van der Waals surface area contributed by atoms with Gasteiger partial charge < -0.3 is 45.4 Å². The number of halogens is 4. The maximum Gasteiger partial charge on any atom is 0.604 e. The van der Waals surface area contributed by atoms with Crippen molar-refractivity contribution in [2.24, 2.45) is 11.8 Å². The number of carbonyl (C=O) groups is 6. The molecule has 0 saturated carbocycles. The van der Waals surface area contributed by atoms with E-state index in [1.54, 1.807) is 12.1 Å². The molecule has 0 aromatic heterocycles. The van der Waals surface area contributed by atoms with Crippen molar-refractivity contribution in [3.8, 4) is 0 Å². The van der Waals surface area contributed by atoms with Gasteiger partial charge in [0.1, 0.15) is 13.1 Å². The zero-order chi connectivity index (χ0) is 39.6. The van der Waals surface area contributed by atoms with Crippen LogP contribution in [-0.2, 0) is 28.5 Å². The Morgan fingerprint density at radius 2 is 1.19 bits per heavy atom. The molecule has 0 bridgehead atoms. The van der Waals surface area contributed by atoms with E-state index in [0.29, 0.717) is 27.7 Å². The number of nitrogens with one attached hydrogen (secondary N) is 5. The molecular weight excluding hydrogens is 778 g/mol. The highest BCUT2D eigenvalue weighted by atomic mass is 35.5. The van der Waals surface area contributed by atoms with Gasteiger partial charge in [0.15, 0.2) is 0 Å². The molecule has 4 amide bonds. The Morgan fingerprint density at radius 3 is 1.60 bits per heavy atom. The summed E-state index contributed by atoms with van der Waals surface area (Å²) >= 11 is 23.6. The second kappa shape index (κ2) is 19.7. The van der Waals surface area contributed by atoms with Crippen molar-refractivity contribution < 1.29 is 52.9 Å². The summed E-state index contributed by atoms with van der Waals surface area (Å²) in [7, 11) is -1.67. The predicted molar refractivity (Wildman–Crippen MR) is 199 cm³/mol. The topological polar surface area (TPSA) is 214 Å². The number of quaternary nitrogens is 1. The molecule has 0 aliphatic carbocycles. The predicted octanol–water partition coefficient (Wildman–Crippen LogP) is 0.997. The second-order valence-electron chi connectivity index (χ2n) is 13.4. The Morgan fingerprint density at radius 1 is 0.755 bits per heavy atom. The maximum absolute atomic E-state index is 12.6. The van der Waals surface area contributed by atoms with E-state index in [9.17, 15) is 38.8 Å². The molecule has 0 unspecified atom stereocenters. The second-order valence-corrected chi connectivity index (χ2v) is 15.1. The average Bonchev–Trinajstić information content (AvgIpc) is 3.55. The van der Waals surface area contributed by atoms with Crippen molar-refractivity contribution >= 4 is 95.8 Å². The van der Waals surface area contributed by atoms with E-state index in [2.05, 4.69) is 21.3 Å². The normalized spacial score (nSPS) is 18.5. The van der Waals surface area contributed by atoms with Crippen LogP contribution in [0.1, 0.15) is 61.3 Å². The molecule has 15 nitrogen and oxygen atoms in total. The lowest BCUT2D eigenvalue weighted by Crippen LogP contribution is -3.21. The molecule has 2 aliphatic rings. The van der Waals surface area contributed by atoms with Crippen LogP contribution in [0.2, 0.25) is 20.1 Å². The van der Waals surface area contributed by atoms with Gasteiger partial charge in [-0.1, -0.05) is 74.1 Å². The Balaban J connectivity index is 0.000000297. The molecular formula is C32H41B2Cl4N5O10. The summed E-state index contributed by atoms with van der Waals surface area (Å²) in [6.45, 7) is 4.59. The molecule has 2 saturated heterocycles. The highest BCUT2D eigenvalue weighted by molar-refractivity contribution is 6.66. The Bertz CT molecular complexity index is 1680. The van der Waals surface area contributed by atoms with E-state index in [1.165, 1.54) is 24.3 Å². The van der Waals surface area contributed by atoms with Gasteiger partial charge in [-0.3, -0.25) is 28.8 Å². The molecule has 2 fully saturated rings. The smallest absolute Gasteiger partial charge is 0.599 e. The highest BCUT2D eigenvalue weighted by Crippen LogP contribution is 2.23. The van der Waals surface area contributed by atoms with Crippen LogP contribution >= 0.6 is 46.4 Å². The first-order valence-corrected chi connectivity index (χ1v) is 18.2. The van der Waals surface area contributed by atoms with Crippen LogP contribution in [0, 0.1) is 11.8 Å². The number of rotatable bonds is 14. The minimum absolute atomic E-state index is 0.000206. The number of benzene rings is 2. The van der Waals surface area contributed by atoms with Crippen LogP contribution in [0.3, 0.4) is 0 Å². The maximum atomic E-state index is 12.6. The first kappa shape index (κ1) is 43.8. The van der Waals surface area contributed by atoms with E-state index < -0.39 is 61.3 Å². The number of hydrogen-bond acceptors (Lipinski definition) is 10. The summed E-state index contributed by atoms with van der Waals surface area (Å²) in [4.78, 5) is 73.0. The third-order valence-corrected chi connectivity index (χ3v) is 9.25. The molecule has 2 heterocycles. The lowest BCUT2D eigenvalue weighted by atomic mass is 9.59. The molecule has 7 N–H and O–H groups in total. The van der Waals surface area contributed by atoms with E-state index in [-0.39, 0.29) is 59.2 Å². The largest absolute Gasteiger partial charge is 0.604 e. The Hall–Kier alpha value is -3.57. The van der Waals surface area contributed by atoms with Crippen LogP contribution in [0.25, 0.3) is 0 Å². The average molecular weight is 819 g/mol. The fraction of sp³-hybridized carbons (Fsp3) is 0.438. The van der Waals surface area contributed by atoms with Crippen molar-refractivity contribution in [1.29, 1.82) is 0 Å². The van der Waals surface area contributed by atoms with Gasteiger partial charge >= 0.3 is 25.7 Å². The summed E-state index contributed by atoms with van der Waals surface area (Å²) in [5, 5.41) is 29.7. The Labute approximate surface area is 326 Å². The molecule has 288 valence electrons.